The van der Waals surface area contributed by atoms with E-state index in [0.717, 1.165) is 11.5 Å². The quantitative estimate of drug-likeness (QED) is 0.471. The molecule has 0 spiro atoms. The monoisotopic (exact) mass is 456 g/mol. The largest absolute Gasteiger partial charge is 0.455 e. The molecular formula is C19H13FN6O3S2. The molecule has 0 saturated carbocycles. The predicted molar refractivity (Wildman–Crippen MR) is 111 cm³/mol. The van der Waals surface area contributed by atoms with Gasteiger partial charge in [-0.1, -0.05) is 0 Å². The maximum Gasteiger partial charge on any atom is 0.263 e. The van der Waals surface area contributed by atoms with Crippen molar-refractivity contribution < 1.29 is 17.5 Å². The number of aryl methyl sites for hydroxylation is 1. The number of hydrogen-bond acceptors (Lipinski definition) is 8. The zero-order valence-electron chi connectivity index (χ0n) is 15.9. The van der Waals surface area contributed by atoms with Crippen LogP contribution >= 0.6 is 11.5 Å². The van der Waals surface area contributed by atoms with E-state index >= 15 is 0 Å². The summed E-state index contributed by atoms with van der Waals surface area (Å²) in [5.74, 6) is -0.0651. The van der Waals surface area contributed by atoms with Crippen LogP contribution in [0.15, 0.2) is 59.9 Å². The van der Waals surface area contributed by atoms with Crippen LogP contribution in [-0.4, -0.2) is 27.6 Å². The summed E-state index contributed by atoms with van der Waals surface area (Å²) in [6.07, 6.45) is 2.79. The first-order valence-corrected chi connectivity index (χ1v) is 10.9. The highest BCUT2D eigenvalue weighted by Crippen LogP contribution is 2.35. The highest BCUT2D eigenvalue weighted by atomic mass is 32.2. The normalized spacial score (nSPS) is 11.1. The Bertz CT molecular complexity index is 1390. The molecule has 0 aliphatic heterocycles. The third-order valence-electron chi connectivity index (χ3n) is 4.22. The third kappa shape index (κ3) is 4.23. The van der Waals surface area contributed by atoms with Gasteiger partial charge >= 0.3 is 0 Å². The van der Waals surface area contributed by atoms with Crippen molar-refractivity contribution in [3.63, 3.8) is 0 Å². The predicted octanol–water partition coefficient (Wildman–Crippen LogP) is 3.54. The molecule has 9 nitrogen and oxygen atoms in total. The standard InChI is InChI=1S/C19H13FN6O3S2/c1-26-16(6-7-23-26)15-9-13(20)2-4-18(15)29-17-5-3-14(8-12(17)10-21)31(27,28)25-19-22-11-24-30-19/h2-9,11H,1H3,(H,22,24,25). The van der Waals surface area contributed by atoms with Crippen LogP contribution in [0.5, 0.6) is 11.5 Å². The summed E-state index contributed by atoms with van der Waals surface area (Å²) in [6.45, 7) is 0. The molecule has 0 radical (unpaired) electrons. The van der Waals surface area contributed by atoms with E-state index in [4.69, 9.17) is 4.74 Å². The average molecular weight is 456 g/mol. The van der Waals surface area contributed by atoms with Crippen LogP contribution in [0.4, 0.5) is 9.52 Å². The van der Waals surface area contributed by atoms with E-state index in [1.54, 1.807) is 24.0 Å². The van der Waals surface area contributed by atoms with Crippen molar-refractivity contribution in [3.8, 4) is 28.8 Å². The SMILES string of the molecule is Cn1nccc1-c1cc(F)ccc1Oc1ccc(S(=O)(=O)Nc2ncns2)cc1C#N. The molecule has 2 aromatic carbocycles. The van der Waals surface area contributed by atoms with Crippen LogP contribution in [0.2, 0.25) is 0 Å². The first kappa shape index (κ1) is 20.5. The van der Waals surface area contributed by atoms with Gasteiger partial charge in [-0.2, -0.15) is 14.7 Å². The van der Waals surface area contributed by atoms with Crippen molar-refractivity contribution in [2.24, 2.45) is 7.05 Å². The molecule has 0 unspecified atom stereocenters. The maximum atomic E-state index is 13.9. The topological polar surface area (TPSA) is 123 Å². The van der Waals surface area contributed by atoms with E-state index in [9.17, 15) is 18.1 Å². The Morgan fingerprint density at radius 1 is 1.19 bits per heavy atom. The van der Waals surface area contributed by atoms with Gasteiger partial charge in [0.05, 0.1) is 16.2 Å². The number of nitrogens with zero attached hydrogens (tertiary/aromatic N) is 5. The fraction of sp³-hybridized carbons (Fsp3) is 0.0526. The van der Waals surface area contributed by atoms with Crippen molar-refractivity contribution >= 4 is 26.7 Å². The van der Waals surface area contributed by atoms with E-state index < -0.39 is 15.8 Å². The van der Waals surface area contributed by atoms with Crippen LogP contribution in [0.3, 0.4) is 0 Å². The van der Waals surface area contributed by atoms with Crippen molar-refractivity contribution in [2.75, 3.05) is 4.72 Å². The molecule has 31 heavy (non-hydrogen) atoms. The molecule has 12 heteroatoms. The number of anilines is 1. The number of ether oxygens (including phenoxy) is 1. The lowest BCUT2D eigenvalue weighted by Gasteiger charge is -2.13. The number of nitrogens with one attached hydrogen (secondary N) is 1. The minimum absolute atomic E-state index is 0.0135. The lowest BCUT2D eigenvalue weighted by atomic mass is 10.1. The van der Waals surface area contributed by atoms with Gasteiger partial charge in [-0.25, -0.2) is 17.8 Å². The van der Waals surface area contributed by atoms with Crippen LogP contribution in [0.1, 0.15) is 5.56 Å². The van der Waals surface area contributed by atoms with Crippen LogP contribution in [-0.2, 0) is 17.1 Å². The Kier molecular flexibility index (Phi) is 5.37. The molecule has 4 rings (SSSR count). The minimum atomic E-state index is -3.97. The smallest absolute Gasteiger partial charge is 0.263 e. The lowest BCUT2D eigenvalue weighted by molar-refractivity contribution is 0.479. The molecule has 0 fully saturated rings. The molecule has 0 aliphatic carbocycles. The molecular weight excluding hydrogens is 443 g/mol. The number of hydrogen-bond donors (Lipinski definition) is 1. The second-order valence-corrected chi connectivity index (χ2v) is 8.67. The second-order valence-electron chi connectivity index (χ2n) is 6.20. The highest BCUT2D eigenvalue weighted by Gasteiger charge is 2.20. The summed E-state index contributed by atoms with van der Waals surface area (Å²) >= 11 is 0.883. The maximum absolute atomic E-state index is 13.9. The van der Waals surface area contributed by atoms with Gasteiger partial charge in [0.25, 0.3) is 10.0 Å². The Labute approximate surface area is 180 Å². The van der Waals surface area contributed by atoms with Crippen molar-refractivity contribution in [1.29, 1.82) is 5.26 Å². The van der Waals surface area contributed by atoms with Gasteiger partial charge < -0.3 is 4.74 Å². The first-order valence-electron chi connectivity index (χ1n) is 8.67. The summed E-state index contributed by atoms with van der Waals surface area (Å²) < 4.78 is 52.4. The fourth-order valence-electron chi connectivity index (χ4n) is 2.79. The third-order valence-corrected chi connectivity index (χ3v) is 6.27. The highest BCUT2D eigenvalue weighted by molar-refractivity contribution is 7.93. The molecule has 2 aromatic heterocycles. The molecule has 0 aliphatic rings. The van der Waals surface area contributed by atoms with Gasteiger partial charge in [0.15, 0.2) is 0 Å². The Hall–Kier alpha value is -3.82. The van der Waals surface area contributed by atoms with Crippen LogP contribution in [0.25, 0.3) is 11.3 Å². The van der Waals surface area contributed by atoms with Gasteiger partial charge in [0, 0.05) is 30.3 Å². The zero-order valence-corrected chi connectivity index (χ0v) is 17.5. The zero-order chi connectivity index (χ0) is 22.0. The summed E-state index contributed by atoms with van der Waals surface area (Å²) in [7, 11) is -2.27. The van der Waals surface area contributed by atoms with E-state index in [-0.39, 0.29) is 27.1 Å². The lowest BCUT2D eigenvalue weighted by Crippen LogP contribution is -2.13. The molecule has 2 heterocycles. The van der Waals surface area contributed by atoms with Crippen LogP contribution < -0.4 is 9.46 Å². The van der Waals surface area contributed by atoms with Gasteiger partial charge in [-0.05, 0) is 42.5 Å². The average Bonchev–Trinajstić information content (AvgIpc) is 3.40. The summed E-state index contributed by atoms with van der Waals surface area (Å²) in [5, 5.41) is 13.7. The van der Waals surface area contributed by atoms with Gasteiger partial charge in [0.2, 0.25) is 5.13 Å². The molecule has 0 bridgehead atoms. The number of rotatable bonds is 6. The molecule has 4 aromatic rings. The summed E-state index contributed by atoms with van der Waals surface area (Å²) in [4.78, 5) is 3.64. The first-order chi connectivity index (χ1) is 14.9. The van der Waals surface area contributed by atoms with Gasteiger partial charge in [-0.3, -0.25) is 9.40 Å². The molecule has 1 N–H and O–H groups in total. The Morgan fingerprint density at radius 2 is 2.00 bits per heavy atom. The Morgan fingerprint density at radius 3 is 2.68 bits per heavy atom. The number of benzene rings is 2. The molecule has 156 valence electrons. The number of sulfonamides is 1. The minimum Gasteiger partial charge on any atom is -0.455 e. The van der Waals surface area contributed by atoms with Crippen molar-refractivity contribution in [3.05, 3.63) is 66.4 Å². The molecule has 0 saturated heterocycles. The summed E-state index contributed by atoms with van der Waals surface area (Å²) in [5.41, 5.74) is 1.02. The van der Waals surface area contributed by atoms with E-state index in [0.29, 0.717) is 11.3 Å². The summed E-state index contributed by atoms with van der Waals surface area (Å²) in [6, 6.07) is 11.4. The molecule has 0 amide bonds. The van der Waals surface area contributed by atoms with E-state index in [1.807, 2.05) is 6.07 Å². The van der Waals surface area contributed by atoms with Gasteiger partial charge in [-0.15, -0.1) is 0 Å². The van der Waals surface area contributed by atoms with E-state index in [2.05, 4.69) is 19.2 Å². The Balaban J connectivity index is 1.70. The van der Waals surface area contributed by atoms with Crippen molar-refractivity contribution in [2.45, 2.75) is 4.90 Å². The van der Waals surface area contributed by atoms with Crippen LogP contribution in [0, 0.1) is 17.1 Å². The van der Waals surface area contributed by atoms with Gasteiger partial charge in [0.1, 0.15) is 29.7 Å². The number of halogens is 1. The van der Waals surface area contributed by atoms with Crippen molar-refractivity contribution in [1.82, 2.24) is 19.1 Å². The van der Waals surface area contributed by atoms with E-state index in [1.165, 1.54) is 42.7 Å². The number of aromatic nitrogens is 4. The number of nitriles is 1. The molecule has 0 atom stereocenters. The fourth-order valence-corrected chi connectivity index (χ4v) is 4.48. The second kappa shape index (κ2) is 8.13.